The molecule has 4 saturated carbocycles. The Morgan fingerprint density at radius 2 is 1.26 bits per heavy atom. The average Bonchev–Trinajstić information content (AvgIpc) is 3.09. The van der Waals surface area contributed by atoms with Gasteiger partial charge in [-0.2, -0.15) is 0 Å². The van der Waals surface area contributed by atoms with Crippen molar-refractivity contribution in [3.63, 3.8) is 0 Å². The van der Waals surface area contributed by atoms with Crippen LogP contribution < -0.4 is 4.98 Å². The van der Waals surface area contributed by atoms with E-state index >= 15 is 0 Å². The van der Waals surface area contributed by atoms with Crippen molar-refractivity contribution in [3.05, 3.63) is 58.7 Å². The Labute approximate surface area is 214 Å². The minimum absolute atomic E-state index is 0.261. The molecule has 8 rings (SSSR count). The van der Waals surface area contributed by atoms with Crippen LogP contribution in [0, 0.1) is 17.8 Å². The summed E-state index contributed by atoms with van der Waals surface area (Å²) in [6, 6.07) is 14.8. The molecule has 2 heteroatoms. The molecule has 0 amide bonds. The van der Waals surface area contributed by atoms with Crippen LogP contribution in [0.4, 0.5) is 0 Å². The molecule has 6 aliphatic carbocycles. The Kier molecular flexibility index (Phi) is 4.64. The normalized spacial score (nSPS) is 35.5. The molecule has 6 aliphatic rings. The van der Waals surface area contributed by atoms with Crippen LogP contribution in [0.2, 0.25) is 13.1 Å². The number of hydrogen-bond acceptors (Lipinski definition) is 1. The maximum Gasteiger partial charge on any atom is 0.131 e. The summed E-state index contributed by atoms with van der Waals surface area (Å²) >= 11 is 0. The summed E-state index contributed by atoms with van der Waals surface area (Å²) in [5, 5.41) is 0. The molecule has 1 atom stereocenters. The monoisotopic (exact) mass is 483 g/mol. The van der Waals surface area contributed by atoms with Crippen molar-refractivity contribution in [1.82, 2.24) is 4.98 Å². The quantitative estimate of drug-likeness (QED) is 0.432. The fourth-order valence-electron chi connectivity index (χ4n) is 10.1. The second kappa shape index (κ2) is 7.13. The number of hydrogen-bond donors (Lipinski definition) is 1. The molecule has 1 nitrogen and oxygen atoms in total. The Bertz CT molecular complexity index is 1170. The SMILES string of the molecule is CC1(C)CCC(C)(C)c2cc3c(cc21)-c1ccccc1C3[Si](C)(C)NC12CC3CC(CC(C3)C1)C2. The lowest BCUT2D eigenvalue weighted by Gasteiger charge is -2.59. The second-order valence-corrected chi connectivity index (χ2v) is 19.6. The summed E-state index contributed by atoms with van der Waals surface area (Å²) in [7, 11) is -1.84. The van der Waals surface area contributed by atoms with E-state index in [1.165, 1.54) is 56.9 Å². The molecule has 35 heavy (non-hydrogen) atoms. The fraction of sp³-hybridized carbons (Fsp3) is 0.636. The van der Waals surface area contributed by atoms with Crippen LogP contribution >= 0.6 is 0 Å². The highest BCUT2D eigenvalue weighted by Crippen LogP contribution is 2.58. The van der Waals surface area contributed by atoms with Crippen LogP contribution in [0.1, 0.15) is 107 Å². The first-order valence-electron chi connectivity index (χ1n) is 14.5. The van der Waals surface area contributed by atoms with Gasteiger partial charge in [-0.05, 0) is 113 Å². The molecule has 4 fully saturated rings. The molecule has 4 bridgehead atoms. The number of fused-ring (bicyclic) bond motifs is 4. The number of rotatable bonds is 3. The maximum atomic E-state index is 4.58. The van der Waals surface area contributed by atoms with Crippen LogP contribution in [-0.2, 0) is 10.8 Å². The van der Waals surface area contributed by atoms with Crippen molar-refractivity contribution in [1.29, 1.82) is 0 Å². The first-order valence-corrected chi connectivity index (χ1v) is 17.6. The largest absolute Gasteiger partial charge is 0.331 e. The van der Waals surface area contributed by atoms with Gasteiger partial charge in [-0.3, -0.25) is 0 Å². The lowest BCUT2D eigenvalue weighted by atomic mass is 9.53. The standard InChI is InChI=1S/C33H45NSi/c1-31(2)11-12-32(3,4)29-17-27-26(16-28(29)31)24-9-7-8-10-25(24)30(27)35(5,6)34-33-18-21-13-22(19-33)15-23(14-21)20-33/h7-10,16-17,21-23,30,34H,11-15,18-20H2,1-6H3. The molecule has 0 aromatic heterocycles. The Balaban J connectivity index is 1.35. The van der Waals surface area contributed by atoms with Gasteiger partial charge >= 0.3 is 0 Å². The zero-order valence-corrected chi connectivity index (χ0v) is 23.9. The van der Waals surface area contributed by atoms with E-state index < -0.39 is 8.24 Å². The highest BCUT2D eigenvalue weighted by atomic mass is 28.3. The first-order chi connectivity index (χ1) is 16.5. The first kappa shape index (κ1) is 22.8. The van der Waals surface area contributed by atoms with E-state index in [0.717, 1.165) is 17.8 Å². The van der Waals surface area contributed by atoms with E-state index in [1.807, 2.05) is 0 Å². The van der Waals surface area contributed by atoms with Gasteiger partial charge in [-0.15, -0.1) is 0 Å². The number of nitrogens with one attached hydrogen (secondary N) is 1. The van der Waals surface area contributed by atoms with E-state index in [2.05, 4.69) is 82.2 Å². The summed E-state index contributed by atoms with van der Waals surface area (Å²) in [5.41, 5.74) is 11.0. The predicted octanol–water partition coefficient (Wildman–Crippen LogP) is 8.45. The van der Waals surface area contributed by atoms with Gasteiger partial charge in [0, 0.05) is 11.1 Å². The molecule has 1 unspecified atom stereocenters. The molecule has 2 aromatic carbocycles. The lowest BCUT2D eigenvalue weighted by molar-refractivity contribution is -0.00983. The topological polar surface area (TPSA) is 12.0 Å². The Morgan fingerprint density at radius 1 is 0.714 bits per heavy atom. The van der Waals surface area contributed by atoms with Gasteiger partial charge in [0.05, 0.1) is 0 Å². The van der Waals surface area contributed by atoms with E-state index in [-0.39, 0.29) is 10.8 Å². The van der Waals surface area contributed by atoms with E-state index in [1.54, 1.807) is 27.8 Å². The van der Waals surface area contributed by atoms with Gasteiger partial charge in [0.1, 0.15) is 8.24 Å². The molecule has 0 saturated heterocycles. The highest BCUT2D eigenvalue weighted by Gasteiger charge is 2.54. The van der Waals surface area contributed by atoms with E-state index in [4.69, 9.17) is 0 Å². The summed E-state index contributed by atoms with van der Waals surface area (Å²) in [6.45, 7) is 15.2. The third-order valence-electron chi connectivity index (χ3n) is 11.2. The average molecular weight is 484 g/mol. The minimum atomic E-state index is -1.84. The summed E-state index contributed by atoms with van der Waals surface area (Å²) in [5.74, 6) is 2.99. The minimum Gasteiger partial charge on any atom is -0.331 e. The summed E-state index contributed by atoms with van der Waals surface area (Å²) < 4.78 is 0. The van der Waals surface area contributed by atoms with Crippen molar-refractivity contribution < 1.29 is 0 Å². The molecular weight excluding hydrogens is 438 g/mol. The van der Waals surface area contributed by atoms with Gasteiger partial charge in [0.15, 0.2) is 0 Å². The van der Waals surface area contributed by atoms with Crippen molar-refractivity contribution in [2.45, 2.75) is 114 Å². The molecule has 2 aromatic rings. The third-order valence-corrected chi connectivity index (χ3v) is 14.5. The maximum absolute atomic E-state index is 4.58. The summed E-state index contributed by atoms with van der Waals surface area (Å²) in [4.78, 5) is 4.58. The molecule has 0 aliphatic heterocycles. The van der Waals surface area contributed by atoms with Crippen LogP contribution in [0.25, 0.3) is 11.1 Å². The van der Waals surface area contributed by atoms with E-state index in [9.17, 15) is 0 Å². The van der Waals surface area contributed by atoms with Gasteiger partial charge in [-0.25, -0.2) is 0 Å². The van der Waals surface area contributed by atoms with Crippen molar-refractivity contribution in [3.8, 4) is 11.1 Å². The third kappa shape index (κ3) is 3.34. The van der Waals surface area contributed by atoms with Gasteiger partial charge in [-0.1, -0.05) is 77.2 Å². The molecule has 0 spiro atoms. The number of benzene rings is 2. The zero-order valence-electron chi connectivity index (χ0n) is 22.9. The molecule has 0 radical (unpaired) electrons. The molecule has 1 N–H and O–H groups in total. The van der Waals surface area contributed by atoms with Crippen LogP contribution in [0.15, 0.2) is 36.4 Å². The Morgan fingerprint density at radius 3 is 1.86 bits per heavy atom. The second-order valence-electron chi connectivity index (χ2n) is 15.3. The molecule has 186 valence electrons. The van der Waals surface area contributed by atoms with Crippen molar-refractivity contribution in [2.24, 2.45) is 17.8 Å². The van der Waals surface area contributed by atoms with Gasteiger partial charge in [0.25, 0.3) is 0 Å². The van der Waals surface area contributed by atoms with Crippen molar-refractivity contribution >= 4 is 8.24 Å². The highest BCUT2D eigenvalue weighted by molar-refractivity contribution is 6.77. The summed E-state index contributed by atoms with van der Waals surface area (Å²) in [6.07, 6.45) is 11.5. The predicted molar refractivity (Wildman–Crippen MR) is 151 cm³/mol. The van der Waals surface area contributed by atoms with Gasteiger partial charge in [0.2, 0.25) is 0 Å². The van der Waals surface area contributed by atoms with E-state index in [0.29, 0.717) is 11.1 Å². The molecule has 0 heterocycles. The smallest absolute Gasteiger partial charge is 0.131 e. The Hall–Kier alpha value is -1.38. The van der Waals surface area contributed by atoms with Gasteiger partial charge < -0.3 is 4.98 Å². The lowest BCUT2D eigenvalue weighted by Crippen LogP contribution is -2.67. The zero-order chi connectivity index (χ0) is 24.4. The van der Waals surface area contributed by atoms with Crippen LogP contribution in [-0.4, -0.2) is 13.8 Å². The fourth-order valence-corrected chi connectivity index (χ4v) is 13.9. The van der Waals surface area contributed by atoms with Crippen LogP contribution in [0.5, 0.6) is 0 Å². The van der Waals surface area contributed by atoms with Crippen LogP contribution in [0.3, 0.4) is 0 Å². The molecular formula is C33H45NSi. The van der Waals surface area contributed by atoms with Crippen molar-refractivity contribution in [2.75, 3.05) is 0 Å².